The molecule has 0 unspecified atom stereocenters. The van der Waals surface area contributed by atoms with Gasteiger partial charge in [-0.05, 0) is 36.4 Å². The second kappa shape index (κ2) is 11.4. The lowest BCUT2D eigenvalue weighted by molar-refractivity contribution is -0.117. The Labute approximate surface area is 197 Å². The van der Waals surface area contributed by atoms with Crippen LogP contribution in [0, 0.1) is 0 Å². The molecule has 1 heterocycles. The molecule has 2 amide bonds. The molecule has 176 valence electrons. The van der Waals surface area contributed by atoms with Gasteiger partial charge in [0.25, 0.3) is 11.8 Å². The van der Waals surface area contributed by atoms with Crippen molar-refractivity contribution in [3.05, 3.63) is 83.2 Å². The molecule has 0 radical (unpaired) electrons. The van der Waals surface area contributed by atoms with E-state index in [-0.39, 0.29) is 5.70 Å². The molecule has 0 atom stereocenters. The van der Waals surface area contributed by atoms with Crippen molar-refractivity contribution < 1.29 is 23.5 Å². The summed E-state index contributed by atoms with van der Waals surface area (Å²) in [6, 6.07) is 17.2. The molecule has 0 spiro atoms. The number of nitrogens with zero attached hydrogens (tertiary/aromatic N) is 2. The topological polar surface area (TPSA) is 105 Å². The predicted molar refractivity (Wildman–Crippen MR) is 130 cm³/mol. The molecule has 0 aliphatic heterocycles. The van der Waals surface area contributed by atoms with Gasteiger partial charge in [-0.2, -0.15) is 5.10 Å². The van der Waals surface area contributed by atoms with Gasteiger partial charge in [-0.15, -0.1) is 0 Å². The molecule has 2 aromatic carbocycles. The lowest BCUT2D eigenvalue weighted by Gasteiger charge is -2.11. The van der Waals surface area contributed by atoms with Gasteiger partial charge >= 0.3 is 0 Å². The molecule has 34 heavy (non-hydrogen) atoms. The molecule has 0 aliphatic rings. The highest BCUT2D eigenvalue weighted by Gasteiger charge is 2.16. The summed E-state index contributed by atoms with van der Waals surface area (Å²) in [5, 5.41) is 6.60. The van der Waals surface area contributed by atoms with Crippen LogP contribution < -0.4 is 25.1 Å². The molecule has 0 fully saturated rings. The van der Waals surface area contributed by atoms with E-state index in [1.54, 1.807) is 72.7 Å². The fraction of sp³-hybridized carbons (Fsp3) is 0.160. The molecule has 9 nitrogen and oxygen atoms in total. The zero-order valence-electron chi connectivity index (χ0n) is 19.4. The number of carbonyl (C=O) groups is 2. The molecule has 2 N–H and O–H groups in total. The first kappa shape index (κ1) is 24.1. The predicted octanol–water partition coefficient (Wildman–Crippen LogP) is 3.28. The Hall–Kier alpha value is -4.53. The fourth-order valence-corrected chi connectivity index (χ4v) is 2.90. The van der Waals surface area contributed by atoms with Crippen molar-refractivity contribution in [2.45, 2.75) is 0 Å². The Bertz CT molecular complexity index is 1200. The van der Waals surface area contributed by atoms with Gasteiger partial charge in [0.15, 0.2) is 5.88 Å². The minimum atomic E-state index is -0.627. The smallest absolute Gasteiger partial charge is 0.287 e. The van der Waals surface area contributed by atoms with Gasteiger partial charge in [-0.25, -0.2) is 5.43 Å². The number of benzene rings is 2. The summed E-state index contributed by atoms with van der Waals surface area (Å²) in [5.41, 5.74) is 3.35. The molecule has 0 saturated heterocycles. The summed E-state index contributed by atoms with van der Waals surface area (Å²) in [6.07, 6.45) is 2.87. The Morgan fingerprint density at radius 1 is 1.00 bits per heavy atom. The van der Waals surface area contributed by atoms with Gasteiger partial charge in [0.05, 0.1) is 20.4 Å². The van der Waals surface area contributed by atoms with Crippen LogP contribution in [0.3, 0.4) is 0 Å². The number of carbonyl (C=O) groups excluding carboxylic acids is 2. The lowest BCUT2D eigenvalue weighted by Crippen LogP contribution is -2.32. The quantitative estimate of drug-likeness (QED) is 0.287. The molecule has 0 saturated carbocycles. The van der Waals surface area contributed by atoms with E-state index < -0.39 is 11.8 Å². The second-order valence-electron chi connectivity index (χ2n) is 7.26. The number of nitrogens with one attached hydrogen (secondary N) is 2. The molecular formula is C25H26N4O5. The highest BCUT2D eigenvalue weighted by Crippen LogP contribution is 2.26. The van der Waals surface area contributed by atoms with E-state index in [0.717, 1.165) is 0 Å². The zero-order valence-corrected chi connectivity index (χ0v) is 19.4. The Morgan fingerprint density at radius 3 is 2.41 bits per heavy atom. The van der Waals surface area contributed by atoms with Crippen LogP contribution in [-0.2, 0) is 4.79 Å². The average Bonchev–Trinajstić information content (AvgIpc) is 3.33. The van der Waals surface area contributed by atoms with E-state index in [1.165, 1.54) is 19.4 Å². The van der Waals surface area contributed by atoms with Gasteiger partial charge in [0.2, 0.25) is 0 Å². The molecule has 3 aromatic rings. The molecular weight excluding hydrogens is 436 g/mol. The minimum Gasteiger partial charge on any atom is -0.497 e. The normalized spacial score (nSPS) is 11.2. The van der Waals surface area contributed by atoms with Gasteiger partial charge in [-0.1, -0.05) is 18.2 Å². The first-order valence-corrected chi connectivity index (χ1v) is 10.3. The first-order chi connectivity index (χ1) is 16.4. The highest BCUT2D eigenvalue weighted by atomic mass is 16.5. The summed E-state index contributed by atoms with van der Waals surface area (Å²) in [6.45, 7) is 0. The third kappa shape index (κ3) is 6.26. The number of hydrazone groups is 1. The first-order valence-electron chi connectivity index (χ1n) is 10.3. The van der Waals surface area contributed by atoms with Crippen molar-refractivity contribution in [1.29, 1.82) is 0 Å². The van der Waals surface area contributed by atoms with E-state index in [1.807, 2.05) is 14.1 Å². The van der Waals surface area contributed by atoms with E-state index in [2.05, 4.69) is 15.8 Å². The van der Waals surface area contributed by atoms with Crippen LogP contribution >= 0.6 is 0 Å². The Kier molecular flexibility index (Phi) is 8.07. The fourth-order valence-electron chi connectivity index (χ4n) is 2.90. The van der Waals surface area contributed by atoms with Crippen LogP contribution in [0.5, 0.6) is 11.5 Å². The molecule has 9 heteroatoms. The van der Waals surface area contributed by atoms with Gasteiger partial charge in [0.1, 0.15) is 23.0 Å². The third-order valence-corrected chi connectivity index (χ3v) is 4.68. The van der Waals surface area contributed by atoms with Crippen molar-refractivity contribution in [3.8, 4) is 11.5 Å². The maximum atomic E-state index is 12.9. The SMILES string of the molecule is COc1ccc(/C=C(/NC(=O)c2ccccc2)C(=O)NN=Cc2ccc(N(C)C)o2)c(OC)c1. The van der Waals surface area contributed by atoms with Crippen LogP contribution in [0.15, 0.2) is 75.9 Å². The van der Waals surface area contributed by atoms with Crippen LogP contribution in [0.25, 0.3) is 6.08 Å². The van der Waals surface area contributed by atoms with E-state index in [4.69, 9.17) is 13.9 Å². The standard InChI is InChI=1S/C25H26N4O5/c1-29(2)23-13-12-20(34-23)16-26-28-25(31)21(27-24(30)17-8-6-5-7-9-17)14-18-10-11-19(32-3)15-22(18)33-4/h5-16H,1-4H3,(H,27,30)(H,28,31)/b21-14+,26-16?. The number of methoxy groups -OCH3 is 2. The van der Waals surface area contributed by atoms with Crippen molar-refractivity contribution in [2.75, 3.05) is 33.2 Å². The number of anilines is 1. The number of rotatable bonds is 9. The Balaban J connectivity index is 1.86. The van der Waals surface area contributed by atoms with E-state index in [0.29, 0.717) is 34.3 Å². The van der Waals surface area contributed by atoms with Crippen molar-refractivity contribution in [1.82, 2.24) is 10.7 Å². The van der Waals surface area contributed by atoms with E-state index >= 15 is 0 Å². The summed E-state index contributed by atoms with van der Waals surface area (Å²) in [7, 11) is 6.74. The summed E-state index contributed by atoms with van der Waals surface area (Å²) in [4.78, 5) is 27.5. The largest absolute Gasteiger partial charge is 0.497 e. The van der Waals surface area contributed by atoms with Crippen molar-refractivity contribution in [3.63, 3.8) is 0 Å². The van der Waals surface area contributed by atoms with Crippen LogP contribution in [0.1, 0.15) is 21.7 Å². The number of hydrogen-bond acceptors (Lipinski definition) is 7. The highest BCUT2D eigenvalue weighted by molar-refractivity contribution is 6.05. The van der Waals surface area contributed by atoms with Crippen LogP contribution in [0.2, 0.25) is 0 Å². The summed E-state index contributed by atoms with van der Waals surface area (Å²) >= 11 is 0. The molecule has 1 aromatic heterocycles. The molecule has 0 aliphatic carbocycles. The monoisotopic (exact) mass is 462 g/mol. The maximum Gasteiger partial charge on any atom is 0.287 e. The second-order valence-corrected chi connectivity index (χ2v) is 7.26. The molecule has 0 bridgehead atoms. The van der Waals surface area contributed by atoms with Crippen LogP contribution in [-0.4, -0.2) is 46.3 Å². The number of hydrogen-bond donors (Lipinski definition) is 2. The lowest BCUT2D eigenvalue weighted by atomic mass is 10.1. The number of amides is 2. The summed E-state index contributed by atoms with van der Waals surface area (Å²) in [5.74, 6) is 1.09. The van der Waals surface area contributed by atoms with Crippen molar-refractivity contribution in [2.24, 2.45) is 5.10 Å². The van der Waals surface area contributed by atoms with E-state index in [9.17, 15) is 9.59 Å². The maximum absolute atomic E-state index is 12.9. The number of furan rings is 1. The number of ether oxygens (including phenoxy) is 2. The minimum absolute atomic E-state index is 0.0251. The average molecular weight is 463 g/mol. The third-order valence-electron chi connectivity index (χ3n) is 4.68. The van der Waals surface area contributed by atoms with Crippen LogP contribution in [0.4, 0.5) is 5.88 Å². The summed E-state index contributed by atoms with van der Waals surface area (Å²) < 4.78 is 16.2. The van der Waals surface area contributed by atoms with Crippen molar-refractivity contribution >= 4 is 30.0 Å². The molecule has 3 rings (SSSR count). The van der Waals surface area contributed by atoms with Gasteiger partial charge in [0, 0.05) is 37.4 Å². The Morgan fingerprint density at radius 2 is 1.76 bits per heavy atom. The van der Waals surface area contributed by atoms with Gasteiger partial charge in [-0.3, -0.25) is 9.59 Å². The zero-order chi connectivity index (χ0) is 24.5. The van der Waals surface area contributed by atoms with Gasteiger partial charge < -0.3 is 24.1 Å².